The van der Waals surface area contributed by atoms with E-state index in [1.807, 2.05) is 44.2 Å². The average Bonchev–Trinajstić information content (AvgIpc) is 2.94. The highest BCUT2D eigenvalue weighted by atomic mass is 32.2. The number of sulfonamides is 1. The van der Waals surface area contributed by atoms with Gasteiger partial charge in [0, 0.05) is 13.1 Å². The molecule has 0 saturated carbocycles. The lowest BCUT2D eigenvalue weighted by atomic mass is 10.0. The lowest BCUT2D eigenvalue weighted by molar-refractivity contribution is -0.0847. The van der Waals surface area contributed by atoms with Crippen LogP contribution in [0.2, 0.25) is 0 Å². The third-order valence-corrected chi connectivity index (χ3v) is 6.65. The van der Waals surface area contributed by atoms with Gasteiger partial charge in [-0.25, -0.2) is 8.42 Å². The van der Waals surface area contributed by atoms with Gasteiger partial charge in [-0.15, -0.1) is 0 Å². The summed E-state index contributed by atoms with van der Waals surface area (Å²) < 4.78 is 39.2. The summed E-state index contributed by atoms with van der Waals surface area (Å²) in [5.74, 6) is 0.523. The molecule has 25 heavy (non-hydrogen) atoms. The average molecular weight is 364 g/mol. The van der Waals surface area contributed by atoms with Gasteiger partial charge in [-0.05, 0) is 25.3 Å². The number of hydrogen-bond acceptors (Lipinski definition) is 5. The molecule has 1 saturated heterocycles. The molecule has 0 spiro atoms. The summed E-state index contributed by atoms with van der Waals surface area (Å²) in [6.45, 7) is 7.96. The predicted molar refractivity (Wildman–Crippen MR) is 93.6 cm³/mol. The Morgan fingerprint density at radius 1 is 1.16 bits per heavy atom. The second-order valence-electron chi connectivity index (χ2n) is 6.79. The van der Waals surface area contributed by atoms with E-state index in [0.29, 0.717) is 18.0 Å². The highest BCUT2D eigenvalue weighted by molar-refractivity contribution is 7.89. The van der Waals surface area contributed by atoms with Crippen LogP contribution in [0, 0.1) is 19.8 Å². The van der Waals surface area contributed by atoms with Crippen molar-refractivity contribution in [1.29, 1.82) is 0 Å². The van der Waals surface area contributed by atoms with Crippen molar-refractivity contribution in [2.24, 2.45) is 5.92 Å². The third-order valence-electron chi connectivity index (χ3n) is 4.57. The van der Waals surface area contributed by atoms with E-state index in [2.05, 4.69) is 5.16 Å². The molecule has 2 aromatic rings. The van der Waals surface area contributed by atoms with Crippen molar-refractivity contribution in [2.45, 2.75) is 44.8 Å². The SMILES string of the molecule is Cc1noc(C)c1S(=O)(=O)N1C[C@@H](c2ccccc2)O[C@@H](C(C)C)C1. The number of aromatic nitrogens is 1. The molecule has 0 aliphatic carbocycles. The van der Waals surface area contributed by atoms with Crippen LogP contribution in [-0.2, 0) is 14.8 Å². The van der Waals surface area contributed by atoms with E-state index in [-0.39, 0.29) is 29.6 Å². The topological polar surface area (TPSA) is 72.6 Å². The molecule has 1 aliphatic rings. The van der Waals surface area contributed by atoms with Crippen molar-refractivity contribution in [1.82, 2.24) is 9.46 Å². The zero-order valence-corrected chi connectivity index (χ0v) is 15.8. The minimum absolute atomic E-state index is 0.170. The summed E-state index contributed by atoms with van der Waals surface area (Å²) in [7, 11) is -3.69. The molecule has 0 N–H and O–H groups in total. The Kier molecular flexibility index (Phi) is 4.99. The number of morpholine rings is 1. The summed E-state index contributed by atoms with van der Waals surface area (Å²) in [6.07, 6.45) is -0.466. The second kappa shape index (κ2) is 6.90. The van der Waals surface area contributed by atoms with Gasteiger partial charge in [0.25, 0.3) is 0 Å². The number of ether oxygens (including phenoxy) is 1. The highest BCUT2D eigenvalue weighted by Crippen LogP contribution is 2.32. The largest absolute Gasteiger partial charge is 0.367 e. The molecule has 3 rings (SSSR count). The van der Waals surface area contributed by atoms with Crippen molar-refractivity contribution in [3.8, 4) is 0 Å². The Hall–Kier alpha value is -1.70. The van der Waals surface area contributed by atoms with Gasteiger partial charge < -0.3 is 9.26 Å². The Balaban J connectivity index is 1.97. The number of hydrogen-bond donors (Lipinski definition) is 0. The maximum atomic E-state index is 13.2. The molecule has 2 heterocycles. The zero-order chi connectivity index (χ0) is 18.2. The summed E-state index contributed by atoms with van der Waals surface area (Å²) in [6, 6.07) is 9.74. The van der Waals surface area contributed by atoms with Gasteiger partial charge in [0.1, 0.15) is 10.6 Å². The van der Waals surface area contributed by atoms with Gasteiger partial charge in [0.15, 0.2) is 5.76 Å². The Bertz CT molecular complexity index is 811. The molecule has 136 valence electrons. The van der Waals surface area contributed by atoms with E-state index in [9.17, 15) is 8.42 Å². The van der Waals surface area contributed by atoms with Gasteiger partial charge >= 0.3 is 0 Å². The predicted octanol–water partition coefficient (Wildman–Crippen LogP) is 3.08. The molecule has 6 nitrogen and oxygen atoms in total. The Morgan fingerprint density at radius 3 is 2.40 bits per heavy atom. The summed E-state index contributed by atoms with van der Waals surface area (Å²) >= 11 is 0. The van der Waals surface area contributed by atoms with E-state index in [4.69, 9.17) is 9.26 Å². The lowest BCUT2D eigenvalue weighted by Gasteiger charge is -2.39. The summed E-state index contributed by atoms with van der Waals surface area (Å²) in [4.78, 5) is 0.170. The van der Waals surface area contributed by atoms with Gasteiger partial charge in [0.2, 0.25) is 10.0 Å². The van der Waals surface area contributed by atoms with Gasteiger partial charge in [-0.1, -0.05) is 49.3 Å². The first-order valence-corrected chi connectivity index (χ1v) is 9.88. The molecule has 1 aliphatic heterocycles. The van der Waals surface area contributed by atoms with Crippen LogP contribution >= 0.6 is 0 Å². The van der Waals surface area contributed by atoms with Crippen LogP contribution in [0.4, 0.5) is 0 Å². The summed E-state index contributed by atoms with van der Waals surface area (Å²) in [5, 5.41) is 3.80. The number of nitrogens with zero attached hydrogens (tertiary/aromatic N) is 2. The molecule has 0 radical (unpaired) electrons. The van der Waals surface area contributed by atoms with E-state index in [1.54, 1.807) is 13.8 Å². The molecule has 0 unspecified atom stereocenters. The molecule has 0 amide bonds. The van der Waals surface area contributed by atoms with Crippen LogP contribution in [-0.4, -0.2) is 37.1 Å². The molecule has 1 aromatic heterocycles. The van der Waals surface area contributed by atoms with E-state index < -0.39 is 10.0 Å². The fourth-order valence-corrected chi connectivity index (χ4v) is 4.89. The fraction of sp³-hybridized carbons (Fsp3) is 0.500. The maximum absolute atomic E-state index is 13.2. The van der Waals surface area contributed by atoms with Crippen molar-refractivity contribution in [3.63, 3.8) is 0 Å². The van der Waals surface area contributed by atoms with Crippen LogP contribution in [0.5, 0.6) is 0 Å². The first-order chi connectivity index (χ1) is 11.8. The number of benzene rings is 1. The standard InChI is InChI=1S/C18H24N2O4S/c1-12(2)16-10-20(11-17(23-16)15-8-6-5-7-9-15)25(21,22)18-13(3)19-24-14(18)4/h5-9,12,16-17H,10-11H2,1-4H3/t16-,17+/m1/s1. The minimum atomic E-state index is -3.69. The van der Waals surface area contributed by atoms with Crippen LogP contribution in [0.1, 0.15) is 37.0 Å². The number of rotatable bonds is 4. The highest BCUT2D eigenvalue weighted by Gasteiger charge is 2.39. The van der Waals surface area contributed by atoms with Crippen molar-refractivity contribution in [3.05, 3.63) is 47.3 Å². The Morgan fingerprint density at radius 2 is 1.84 bits per heavy atom. The van der Waals surface area contributed by atoms with Gasteiger partial charge in [-0.2, -0.15) is 4.31 Å². The van der Waals surface area contributed by atoms with Crippen molar-refractivity contribution in [2.75, 3.05) is 13.1 Å². The van der Waals surface area contributed by atoms with Crippen LogP contribution in [0.25, 0.3) is 0 Å². The molecule has 1 aromatic carbocycles. The molecular formula is C18H24N2O4S. The fourth-order valence-electron chi connectivity index (χ4n) is 3.15. The van der Waals surface area contributed by atoms with E-state index in [1.165, 1.54) is 4.31 Å². The minimum Gasteiger partial charge on any atom is -0.367 e. The first kappa shape index (κ1) is 18.1. The smallest absolute Gasteiger partial charge is 0.248 e. The van der Waals surface area contributed by atoms with Crippen molar-refractivity contribution >= 4 is 10.0 Å². The quantitative estimate of drug-likeness (QED) is 0.834. The van der Waals surface area contributed by atoms with Gasteiger partial charge in [0.05, 0.1) is 12.2 Å². The summed E-state index contributed by atoms with van der Waals surface area (Å²) in [5.41, 5.74) is 1.37. The third kappa shape index (κ3) is 3.49. The van der Waals surface area contributed by atoms with E-state index in [0.717, 1.165) is 5.56 Å². The zero-order valence-electron chi connectivity index (χ0n) is 15.0. The van der Waals surface area contributed by atoms with Gasteiger partial charge in [-0.3, -0.25) is 0 Å². The van der Waals surface area contributed by atoms with Crippen LogP contribution in [0.3, 0.4) is 0 Å². The number of aryl methyl sites for hydroxylation is 2. The van der Waals surface area contributed by atoms with Crippen LogP contribution < -0.4 is 0 Å². The normalized spacial score (nSPS) is 22.4. The lowest BCUT2D eigenvalue weighted by Crippen LogP contribution is -2.48. The Labute approximate surface area is 148 Å². The molecular weight excluding hydrogens is 340 g/mol. The van der Waals surface area contributed by atoms with Crippen LogP contribution in [0.15, 0.2) is 39.8 Å². The molecule has 0 bridgehead atoms. The van der Waals surface area contributed by atoms with E-state index >= 15 is 0 Å². The second-order valence-corrected chi connectivity index (χ2v) is 8.67. The monoisotopic (exact) mass is 364 g/mol. The molecule has 1 fully saturated rings. The molecule has 2 atom stereocenters. The maximum Gasteiger partial charge on any atom is 0.248 e. The first-order valence-electron chi connectivity index (χ1n) is 8.44. The molecule has 7 heteroatoms. The van der Waals surface area contributed by atoms with Crippen molar-refractivity contribution < 1.29 is 17.7 Å².